The van der Waals surface area contributed by atoms with E-state index < -0.39 is 39.2 Å². The van der Waals surface area contributed by atoms with E-state index in [2.05, 4.69) is 0 Å². The minimum absolute atomic E-state index is 0.0458. The van der Waals surface area contributed by atoms with Gasteiger partial charge in [0.15, 0.2) is 0 Å². The number of benzene rings is 4. The lowest BCUT2D eigenvalue weighted by molar-refractivity contribution is -0.144. The first-order valence-electron chi connectivity index (χ1n) is 12.9. The fourth-order valence-electron chi connectivity index (χ4n) is 4.98. The van der Waals surface area contributed by atoms with Crippen molar-refractivity contribution in [3.8, 4) is 11.1 Å². The van der Waals surface area contributed by atoms with Gasteiger partial charge in [-0.3, -0.25) is 4.79 Å². The van der Waals surface area contributed by atoms with Crippen molar-refractivity contribution < 1.29 is 45.2 Å². The number of ether oxygens (including phenoxy) is 1. The molecular formula is C31H24F3NO7S. The SMILES string of the molecule is CN1c2ccccc2C(OS(=O)(=O)C(F)(F)F)c2c1ccc(-c1ccc(CC(=O)OCc3ccccc3)cc1)c2C(=O)O. The van der Waals surface area contributed by atoms with Gasteiger partial charge in [-0.05, 0) is 34.4 Å². The van der Waals surface area contributed by atoms with Crippen LogP contribution in [0, 0.1) is 0 Å². The second-order valence-electron chi connectivity index (χ2n) is 9.74. The standard InChI is InChI=1S/C31H24F3NO7S/c1-35-24-10-6-5-9-23(24)29(42-43(39,40)31(32,33)34)28-25(35)16-15-22(27(28)30(37)38)21-13-11-19(12-14-21)17-26(36)41-18-20-7-3-2-4-8-20/h2-16,29H,17-18H2,1H3,(H,37,38). The quantitative estimate of drug-likeness (QED) is 0.139. The average molecular weight is 612 g/mol. The summed E-state index contributed by atoms with van der Waals surface area (Å²) in [7, 11) is -4.53. The summed E-state index contributed by atoms with van der Waals surface area (Å²) in [6.45, 7) is 0.111. The number of carboxylic acids is 1. The second-order valence-corrected chi connectivity index (χ2v) is 11.3. The number of alkyl halides is 3. The highest BCUT2D eigenvalue weighted by Crippen LogP contribution is 2.50. The van der Waals surface area contributed by atoms with Gasteiger partial charge in [-0.25, -0.2) is 8.98 Å². The van der Waals surface area contributed by atoms with Crippen molar-refractivity contribution in [2.75, 3.05) is 11.9 Å². The Bertz CT molecular complexity index is 1790. The van der Waals surface area contributed by atoms with E-state index in [0.29, 0.717) is 16.8 Å². The number of halogens is 3. The van der Waals surface area contributed by atoms with Gasteiger partial charge in [0.05, 0.1) is 12.0 Å². The van der Waals surface area contributed by atoms with Crippen LogP contribution >= 0.6 is 0 Å². The lowest BCUT2D eigenvalue weighted by atomic mass is 9.85. The average Bonchev–Trinajstić information content (AvgIpc) is 2.98. The Balaban J connectivity index is 1.51. The number of aromatic carboxylic acids is 1. The van der Waals surface area contributed by atoms with Crippen LogP contribution in [0.25, 0.3) is 11.1 Å². The molecule has 5 rings (SSSR count). The lowest BCUT2D eigenvalue weighted by Crippen LogP contribution is -2.31. The molecule has 1 aliphatic rings. The van der Waals surface area contributed by atoms with Crippen LogP contribution in [-0.2, 0) is 36.9 Å². The van der Waals surface area contributed by atoms with Gasteiger partial charge < -0.3 is 14.7 Å². The molecule has 12 heteroatoms. The summed E-state index contributed by atoms with van der Waals surface area (Å²) in [6, 6.07) is 24.5. The summed E-state index contributed by atoms with van der Waals surface area (Å²) < 4.78 is 74.6. The van der Waals surface area contributed by atoms with Crippen LogP contribution in [0.5, 0.6) is 0 Å². The summed E-state index contributed by atoms with van der Waals surface area (Å²) in [6.07, 6.45) is -1.94. The van der Waals surface area contributed by atoms with Crippen molar-refractivity contribution in [2.45, 2.75) is 24.6 Å². The topological polar surface area (TPSA) is 110 Å². The third-order valence-electron chi connectivity index (χ3n) is 7.00. The summed E-state index contributed by atoms with van der Waals surface area (Å²) in [5, 5.41) is 10.3. The van der Waals surface area contributed by atoms with Crippen LogP contribution < -0.4 is 4.90 Å². The summed E-state index contributed by atoms with van der Waals surface area (Å²) in [5.41, 5.74) is -3.91. The van der Waals surface area contributed by atoms with Crippen LogP contribution in [0.15, 0.2) is 91.0 Å². The van der Waals surface area contributed by atoms with Gasteiger partial charge >= 0.3 is 27.6 Å². The van der Waals surface area contributed by atoms with Gasteiger partial charge in [0, 0.05) is 29.5 Å². The summed E-state index contributed by atoms with van der Waals surface area (Å²) in [5.74, 6) is -1.96. The maximum absolute atomic E-state index is 13.4. The Morgan fingerprint density at radius 2 is 1.51 bits per heavy atom. The molecule has 1 aliphatic heterocycles. The van der Waals surface area contributed by atoms with Crippen molar-refractivity contribution >= 4 is 33.4 Å². The molecule has 0 amide bonds. The molecule has 0 radical (unpaired) electrons. The van der Waals surface area contributed by atoms with Crippen molar-refractivity contribution in [2.24, 2.45) is 0 Å². The van der Waals surface area contributed by atoms with Crippen LogP contribution in [0.3, 0.4) is 0 Å². The molecule has 1 heterocycles. The Kier molecular flexibility index (Phi) is 8.00. The first-order chi connectivity index (χ1) is 20.4. The van der Waals surface area contributed by atoms with E-state index >= 15 is 0 Å². The minimum Gasteiger partial charge on any atom is -0.478 e. The smallest absolute Gasteiger partial charge is 0.478 e. The first kappa shape index (κ1) is 29.8. The molecule has 0 fully saturated rings. The summed E-state index contributed by atoms with van der Waals surface area (Å²) in [4.78, 5) is 26.6. The van der Waals surface area contributed by atoms with E-state index in [1.54, 1.807) is 48.3 Å². The van der Waals surface area contributed by atoms with Crippen LogP contribution in [-0.4, -0.2) is 38.0 Å². The van der Waals surface area contributed by atoms with Gasteiger partial charge in [-0.2, -0.15) is 21.6 Å². The van der Waals surface area contributed by atoms with E-state index in [0.717, 1.165) is 5.56 Å². The van der Waals surface area contributed by atoms with E-state index in [1.165, 1.54) is 24.3 Å². The van der Waals surface area contributed by atoms with E-state index in [1.807, 2.05) is 30.3 Å². The molecule has 43 heavy (non-hydrogen) atoms. The molecule has 0 saturated carbocycles. The number of hydrogen-bond acceptors (Lipinski definition) is 7. The fraction of sp³-hybridized carbons (Fsp3) is 0.161. The molecule has 0 aromatic heterocycles. The van der Waals surface area contributed by atoms with Gasteiger partial charge in [0.1, 0.15) is 12.7 Å². The maximum Gasteiger partial charge on any atom is 0.523 e. The molecule has 0 aliphatic carbocycles. The highest BCUT2D eigenvalue weighted by Gasteiger charge is 2.50. The number of esters is 1. The molecule has 1 unspecified atom stereocenters. The van der Waals surface area contributed by atoms with Gasteiger partial charge in [-0.15, -0.1) is 0 Å². The van der Waals surface area contributed by atoms with E-state index in [-0.39, 0.29) is 35.4 Å². The van der Waals surface area contributed by atoms with E-state index in [4.69, 9.17) is 8.92 Å². The third kappa shape index (κ3) is 5.97. The minimum atomic E-state index is -6.12. The summed E-state index contributed by atoms with van der Waals surface area (Å²) >= 11 is 0. The lowest BCUT2D eigenvalue weighted by Gasteiger charge is -2.36. The molecule has 0 saturated heterocycles. The number of fused-ring (bicyclic) bond motifs is 2. The van der Waals surface area contributed by atoms with Gasteiger partial charge in [0.25, 0.3) is 0 Å². The normalized spacial score (nSPS) is 14.5. The Morgan fingerprint density at radius 1 is 0.860 bits per heavy atom. The Hall–Kier alpha value is -4.68. The number of carbonyl (C=O) groups is 2. The van der Waals surface area contributed by atoms with Gasteiger partial charge in [0.2, 0.25) is 0 Å². The van der Waals surface area contributed by atoms with Crippen LogP contribution in [0.2, 0.25) is 0 Å². The van der Waals surface area contributed by atoms with Crippen LogP contribution in [0.1, 0.15) is 38.7 Å². The van der Waals surface area contributed by atoms with Crippen molar-refractivity contribution in [3.63, 3.8) is 0 Å². The van der Waals surface area contributed by atoms with Crippen molar-refractivity contribution in [1.82, 2.24) is 0 Å². The number of anilines is 2. The highest BCUT2D eigenvalue weighted by molar-refractivity contribution is 7.87. The first-order valence-corrected chi connectivity index (χ1v) is 14.3. The zero-order valence-corrected chi connectivity index (χ0v) is 23.4. The molecule has 1 atom stereocenters. The van der Waals surface area contributed by atoms with Gasteiger partial charge in [-0.1, -0.05) is 78.9 Å². The number of nitrogens with zero attached hydrogens (tertiary/aromatic N) is 1. The molecule has 222 valence electrons. The molecule has 4 aromatic rings. The zero-order chi connectivity index (χ0) is 30.9. The fourth-order valence-corrected chi connectivity index (χ4v) is 5.54. The monoisotopic (exact) mass is 611 g/mol. The number of carbonyl (C=O) groups excluding carboxylic acids is 1. The number of rotatable bonds is 8. The van der Waals surface area contributed by atoms with Crippen molar-refractivity contribution in [3.05, 3.63) is 119 Å². The Labute approximate surface area is 245 Å². The third-order valence-corrected chi connectivity index (χ3v) is 8.02. The highest BCUT2D eigenvalue weighted by atomic mass is 32.2. The molecule has 1 N–H and O–H groups in total. The molecule has 0 spiro atoms. The number of para-hydroxylation sites is 1. The van der Waals surface area contributed by atoms with E-state index in [9.17, 15) is 36.3 Å². The predicted octanol–water partition coefficient (Wildman–Crippen LogP) is 6.37. The Morgan fingerprint density at radius 3 is 2.16 bits per heavy atom. The molecule has 4 aromatic carbocycles. The zero-order valence-electron chi connectivity index (χ0n) is 22.5. The molecule has 8 nitrogen and oxygen atoms in total. The maximum atomic E-state index is 13.4. The van der Waals surface area contributed by atoms with Crippen LogP contribution in [0.4, 0.5) is 24.5 Å². The largest absolute Gasteiger partial charge is 0.523 e. The molecule has 0 bridgehead atoms. The number of carboxylic acid groups (broad SMARTS) is 1. The predicted molar refractivity (Wildman–Crippen MR) is 151 cm³/mol. The molecular weight excluding hydrogens is 587 g/mol. The number of hydrogen-bond donors (Lipinski definition) is 1. The second kappa shape index (κ2) is 11.5. The van der Waals surface area contributed by atoms with Crippen molar-refractivity contribution in [1.29, 1.82) is 0 Å².